The number of amides is 1. The van der Waals surface area contributed by atoms with Gasteiger partial charge < -0.3 is 15.0 Å². The number of nitrogens with one attached hydrogen (secondary N) is 1. The summed E-state index contributed by atoms with van der Waals surface area (Å²) >= 11 is 0. The minimum absolute atomic E-state index is 0.00883. The highest BCUT2D eigenvalue weighted by Crippen LogP contribution is 2.36. The fraction of sp³-hybridized carbons (Fsp3) is 0.231. The Bertz CT molecular complexity index is 1480. The maximum absolute atomic E-state index is 13.3. The number of alkyl halides is 3. The summed E-state index contributed by atoms with van der Waals surface area (Å²) in [5, 5.41) is 2.50. The van der Waals surface area contributed by atoms with E-state index in [2.05, 4.69) is 9.71 Å². The smallest absolute Gasteiger partial charge is 0.416 e. The molecule has 0 aliphatic carbocycles. The van der Waals surface area contributed by atoms with Gasteiger partial charge in [-0.2, -0.15) is 21.6 Å². The van der Waals surface area contributed by atoms with Crippen molar-refractivity contribution in [2.45, 2.75) is 31.3 Å². The first-order valence-corrected chi connectivity index (χ1v) is 12.8. The number of hydrogen-bond acceptors (Lipinski definition) is 5. The number of halogens is 3. The monoisotopic (exact) mass is 531 g/mol. The lowest BCUT2D eigenvalue weighted by atomic mass is 10.0. The average Bonchev–Trinajstić information content (AvgIpc) is 2.85. The Morgan fingerprint density at radius 1 is 1.05 bits per heavy atom. The summed E-state index contributed by atoms with van der Waals surface area (Å²) in [5.74, 6) is 0.0707. The molecule has 194 valence electrons. The molecule has 0 radical (unpaired) electrons. The van der Waals surface area contributed by atoms with E-state index < -0.39 is 27.7 Å². The number of rotatable bonds is 6. The lowest BCUT2D eigenvalue weighted by Crippen LogP contribution is -2.37. The lowest BCUT2D eigenvalue weighted by molar-refractivity contribution is -0.138. The molecule has 0 saturated carbocycles. The summed E-state index contributed by atoms with van der Waals surface area (Å²) in [6, 6.07) is 14.4. The van der Waals surface area contributed by atoms with Crippen LogP contribution in [0.2, 0.25) is 0 Å². The first-order valence-electron chi connectivity index (χ1n) is 11.3. The molecule has 1 heterocycles. The van der Waals surface area contributed by atoms with E-state index in [4.69, 9.17) is 4.74 Å². The van der Waals surface area contributed by atoms with Crippen LogP contribution in [0.1, 0.15) is 40.4 Å². The molecule has 7 nitrogen and oxygen atoms in total. The zero-order chi connectivity index (χ0) is 27.0. The van der Waals surface area contributed by atoms with E-state index >= 15 is 0 Å². The van der Waals surface area contributed by atoms with Crippen LogP contribution in [-0.4, -0.2) is 33.8 Å². The van der Waals surface area contributed by atoms with E-state index in [1.807, 2.05) is 6.92 Å². The Labute approximate surface area is 212 Å². The average molecular weight is 532 g/mol. The van der Waals surface area contributed by atoms with Crippen LogP contribution in [0, 0.1) is 6.92 Å². The number of carbonyl (C=O) groups excluding carboxylic acids is 1. The van der Waals surface area contributed by atoms with Crippen molar-refractivity contribution < 1.29 is 31.1 Å². The van der Waals surface area contributed by atoms with E-state index in [-0.39, 0.29) is 27.5 Å². The Balaban J connectivity index is 1.69. The van der Waals surface area contributed by atoms with E-state index in [9.17, 15) is 26.4 Å². The predicted octanol–water partition coefficient (Wildman–Crippen LogP) is 5.64. The second-order valence-corrected chi connectivity index (χ2v) is 10.0. The van der Waals surface area contributed by atoms with Crippen molar-refractivity contribution in [3.63, 3.8) is 0 Å². The highest BCUT2D eigenvalue weighted by Gasteiger charge is 2.34. The number of methoxy groups -OCH3 is 1. The minimum Gasteiger partial charge on any atom is -0.497 e. The zero-order valence-electron chi connectivity index (χ0n) is 20.3. The predicted molar refractivity (Wildman–Crippen MR) is 135 cm³/mol. The number of fused-ring (bicyclic) bond motifs is 1. The highest BCUT2D eigenvalue weighted by molar-refractivity contribution is 7.90. The van der Waals surface area contributed by atoms with Crippen LogP contribution >= 0.6 is 0 Å². The number of ether oxygens (including phenoxy) is 1. The van der Waals surface area contributed by atoms with Crippen LogP contribution in [0.4, 0.5) is 24.5 Å². The SMILES string of the molecule is CCCN1C(c2ccc(OC)cc2)=NS(=O)(=O)c2cc(NC(=O)c3ccc(C)c(C(F)(F)F)c3)ccc21. The van der Waals surface area contributed by atoms with Crippen molar-refractivity contribution in [3.05, 3.63) is 82.9 Å². The quantitative estimate of drug-likeness (QED) is 0.445. The first-order chi connectivity index (χ1) is 17.4. The highest BCUT2D eigenvalue weighted by atomic mass is 32.2. The molecule has 0 bridgehead atoms. The number of anilines is 2. The number of aryl methyl sites for hydroxylation is 1. The molecule has 0 unspecified atom stereocenters. The molecule has 1 aliphatic heterocycles. The van der Waals surface area contributed by atoms with Gasteiger partial charge in [-0.1, -0.05) is 13.0 Å². The summed E-state index contributed by atoms with van der Waals surface area (Å²) in [5.41, 5.74) is -0.0442. The van der Waals surface area contributed by atoms with Crippen LogP contribution in [0.15, 0.2) is 70.0 Å². The molecule has 37 heavy (non-hydrogen) atoms. The number of hydrogen-bond donors (Lipinski definition) is 1. The zero-order valence-corrected chi connectivity index (χ0v) is 21.1. The number of nitrogens with zero attached hydrogens (tertiary/aromatic N) is 2. The normalized spacial score (nSPS) is 14.5. The number of sulfonamides is 1. The van der Waals surface area contributed by atoms with Crippen LogP contribution in [0.25, 0.3) is 0 Å². The fourth-order valence-electron chi connectivity index (χ4n) is 4.02. The van der Waals surface area contributed by atoms with Gasteiger partial charge in [0.15, 0.2) is 5.84 Å². The van der Waals surface area contributed by atoms with Gasteiger partial charge in [-0.15, -0.1) is 4.40 Å². The molecule has 11 heteroatoms. The molecular formula is C26H24F3N3O4S. The molecule has 3 aromatic rings. The van der Waals surface area contributed by atoms with Crippen LogP contribution in [0.5, 0.6) is 5.75 Å². The van der Waals surface area contributed by atoms with E-state index in [1.165, 1.54) is 38.3 Å². The Kier molecular flexibility index (Phi) is 7.00. The van der Waals surface area contributed by atoms with Gasteiger partial charge in [0.05, 0.1) is 18.4 Å². The summed E-state index contributed by atoms with van der Waals surface area (Å²) in [7, 11) is -2.62. The second-order valence-electron chi connectivity index (χ2n) is 8.43. The van der Waals surface area contributed by atoms with Crippen molar-refractivity contribution in [2.24, 2.45) is 4.40 Å². The maximum Gasteiger partial charge on any atom is 0.416 e. The van der Waals surface area contributed by atoms with E-state index in [0.717, 1.165) is 6.07 Å². The molecule has 4 rings (SSSR count). The van der Waals surface area contributed by atoms with Gasteiger partial charge in [-0.25, -0.2) is 0 Å². The van der Waals surface area contributed by atoms with Crippen LogP contribution < -0.4 is 15.0 Å². The standard InChI is InChI=1S/C26H24F3N3O4S/c1-4-13-32-22-12-9-19(30-25(33)18-6-5-16(2)21(14-18)26(27,28)29)15-23(22)37(34,35)31-24(32)17-7-10-20(36-3)11-8-17/h5-12,14-15H,4,13H2,1-3H3,(H,30,33). The Morgan fingerprint density at radius 2 is 1.76 bits per heavy atom. The van der Waals surface area contributed by atoms with Crippen molar-refractivity contribution in [2.75, 3.05) is 23.9 Å². The van der Waals surface area contributed by atoms with E-state index in [0.29, 0.717) is 30.0 Å². The first kappa shape index (κ1) is 26.2. The van der Waals surface area contributed by atoms with Gasteiger partial charge in [0.25, 0.3) is 15.9 Å². The van der Waals surface area contributed by atoms with Crippen LogP contribution in [-0.2, 0) is 16.2 Å². The molecule has 1 amide bonds. The molecule has 0 saturated heterocycles. The van der Waals surface area contributed by atoms with Gasteiger partial charge >= 0.3 is 6.18 Å². The molecule has 1 N–H and O–H groups in total. The van der Waals surface area contributed by atoms with Crippen molar-refractivity contribution in [1.29, 1.82) is 0 Å². The van der Waals surface area contributed by atoms with Crippen molar-refractivity contribution in [1.82, 2.24) is 0 Å². The van der Waals surface area contributed by atoms with Gasteiger partial charge in [0.1, 0.15) is 10.6 Å². The molecule has 1 aliphatic rings. The molecule has 3 aromatic carbocycles. The summed E-state index contributed by atoms with van der Waals surface area (Å²) < 4.78 is 75.3. The van der Waals surface area contributed by atoms with Gasteiger partial charge in [0.2, 0.25) is 0 Å². The molecule has 0 atom stereocenters. The number of benzene rings is 3. The number of amidine groups is 1. The van der Waals surface area contributed by atoms with E-state index in [1.54, 1.807) is 35.2 Å². The summed E-state index contributed by atoms with van der Waals surface area (Å²) in [6.45, 7) is 3.73. The second kappa shape index (κ2) is 9.89. The lowest BCUT2D eigenvalue weighted by Gasteiger charge is -2.31. The third kappa shape index (κ3) is 5.31. The summed E-state index contributed by atoms with van der Waals surface area (Å²) in [4.78, 5) is 14.4. The Hall–Kier alpha value is -3.86. The maximum atomic E-state index is 13.3. The van der Waals surface area contributed by atoms with Crippen molar-refractivity contribution in [3.8, 4) is 5.75 Å². The molecule has 0 spiro atoms. The molecule has 0 fully saturated rings. The topological polar surface area (TPSA) is 88.1 Å². The van der Waals surface area contributed by atoms with Gasteiger partial charge in [-0.05, 0) is 73.5 Å². The van der Waals surface area contributed by atoms with Crippen molar-refractivity contribution >= 4 is 33.1 Å². The number of carbonyl (C=O) groups is 1. The van der Waals surface area contributed by atoms with Crippen LogP contribution in [0.3, 0.4) is 0 Å². The minimum atomic E-state index is -4.61. The van der Waals surface area contributed by atoms with Gasteiger partial charge in [0, 0.05) is 23.4 Å². The third-order valence-corrected chi connectivity index (χ3v) is 7.15. The van der Waals surface area contributed by atoms with Gasteiger partial charge in [-0.3, -0.25) is 4.79 Å². The third-order valence-electron chi connectivity index (χ3n) is 5.85. The molecule has 0 aromatic heterocycles. The summed E-state index contributed by atoms with van der Waals surface area (Å²) in [6.07, 6.45) is -3.91. The largest absolute Gasteiger partial charge is 0.497 e. The fourth-order valence-corrected chi connectivity index (χ4v) is 5.27. The Morgan fingerprint density at radius 3 is 2.38 bits per heavy atom. The molecular weight excluding hydrogens is 507 g/mol.